The van der Waals surface area contributed by atoms with E-state index in [9.17, 15) is 8.42 Å². The molecule has 6 nitrogen and oxygen atoms in total. The molecule has 7 heteroatoms. The van der Waals surface area contributed by atoms with E-state index in [-0.39, 0.29) is 11.9 Å². The fraction of sp³-hybridized carbons (Fsp3) is 0.500. The van der Waals surface area contributed by atoms with Crippen molar-refractivity contribution in [3.63, 3.8) is 0 Å². The van der Waals surface area contributed by atoms with Gasteiger partial charge < -0.3 is 5.73 Å². The quantitative estimate of drug-likeness (QED) is 0.550. The molecular formula is C14H22N4O2S. The van der Waals surface area contributed by atoms with Crippen molar-refractivity contribution >= 4 is 15.9 Å². The molecule has 1 aliphatic rings. The van der Waals surface area contributed by atoms with Crippen LogP contribution in [0, 0.1) is 12.3 Å². The van der Waals surface area contributed by atoms with Gasteiger partial charge in [-0.2, -0.15) is 0 Å². The van der Waals surface area contributed by atoms with E-state index in [0.717, 1.165) is 31.5 Å². The van der Waals surface area contributed by atoms with Gasteiger partial charge in [0.15, 0.2) is 0 Å². The van der Waals surface area contributed by atoms with Gasteiger partial charge in [0.05, 0.1) is 11.4 Å². The average Bonchev–Trinajstić information content (AvgIpc) is 2.40. The molecular weight excluding hydrogens is 288 g/mol. The van der Waals surface area contributed by atoms with Gasteiger partial charge in [0.2, 0.25) is 10.0 Å². The Morgan fingerprint density at radius 2 is 2.10 bits per heavy atom. The maximum atomic E-state index is 12.3. The lowest BCUT2D eigenvalue weighted by Gasteiger charge is -2.31. The Kier molecular flexibility index (Phi) is 4.97. The lowest BCUT2D eigenvalue weighted by molar-refractivity contribution is 0.231. The summed E-state index contributed by atoms with van der Waals surface area (Å²) in [6.45, 7) is 3.83. The second kappa shape index (κ2) is 6.55. The van der Waals surface area contributed by atoms with E-state index in [4.69, 9.17) is 11.1 Å². The van der Waals surface area contributed by atoms with E-state index in [1.807, 2.05) is 13.0 Å². The molecule has 1 aliphatic heterocycles. The maximum Gasteiger partial charge on any atom is 0.240 e. The largest absolute Gasteiger partial charge is 0.387 e. The van der Waals surface area contributed by atoms with Crippen LogP contribution in [0.25, 0.3) is 0 Å². The fourth-order valence-electron chi connectivity index (χ4n) is 2.52. The Morgan fingerprint density at radius 3 is 2.67 bits per heavy atom. The van der Waals surface area contributed by atoms with Crippen LogP contribution in [0.3, 0.4) is 0 Å². The van der Waals surface area contributed by atoms with Gasteiger partial charge in [0.1, 0.15) is 5.84 Å². The molecule has 0 bridgehead atoms. The number of likely N-dealkylation sites (tertiary alicyclic amines) is 1. The van der Waals surface area contributed by atoms with E-state index in [2.05, 4.69) is 9.62 Å². The van der Waals surface area contributed by atoms with Crippen LogP contribution in [0.2, 0.25) is 0 Å². The summed E-state index contributed by atoms with van der Waals surface area (Å²) < 4.78 is 27.4. The smallest absolute Gasteiger partial charge is 0.240 e. The van der Waals surface area contributed by atoms with Gasteiger partial charge in [-0.15, -0.1) is 0 Å². The highest BCUT2D eigenvalue weighted by molar-refractivity contribution is 7.89. The monoisotopic (exact) mass is 310 g/mol. The van der Waals surface area contributed by atoms with E-state index in [1.54, 1.807) is 18.2 Å². The van der Waals surface area contributed by atoms with Crippen molar-refractivity contribution in [2.75, 3.05) is 19.6 Å². The summed E-state index contributed by atoms with van der Waals surface area (Å²) >= 11 is 0. The van der Waals surface area contributed by atoms with Crippen molar-refractivity contribution in [3.05, 3.63) is 29.8 Å². The number of nitrogens with zero attached hydrogens (tertiary/aromatic N) is 1. The Bertz CT molecular complexity index is 607. The lowest BCUT2D eigenvalue weighted by atomic mass is 10.1. The van der Waals surface area contributed by atoms with Crippen LogP contribution in [0.15, 0.2) is 29.2 Å². The molecule has 1 heterocycles. The van der Waals surface area contributed by atoms with Gasteiger partial charge in [0.25, 0.3) is 0 Å². The predicted molar refractivity (Wildman–Crippen MR) is 82.9 cm³/mol. The highest BCUT2D eigenvalue weighted by Crippen LogP contribution is 2.15. The molecule has 1 fully saturated rings. The lowest BCUT2D eigenvalue weighted by Crippen LogP contribution is -2.46. The molecule has 2 rings (SSSR count). The van der Waals surface area contributed by atoms with Crippen molar-refractivity contribution in [3.8, 4) is 0 Å². The molecule has 0 saturated carbocycles. The molecule has 0 unspecified atom stereocenters. The second-order valence-corrected chi connectivity index (χ2v) is 7.23. The highest BCUT2D eigenvalue weighted by Gasteiger charge is 2.24. The zero-order chi connectivity index (χ0) is 15.5. The first-order valence-corrected chi connectivity index (χ1v) is 8.49. The van der Waals surface area contributed by atoms with Gasteiger partial charge in [-0.1, -0.05) is 12.1 Å². The molecule has 0 aromatic heterocycles. The maximum absolute atomic E-state index is 12.3. The summed E-state index contributed by atoms with van der Waals surface area (Å²) in [7, 11) is -3.46. The van der Waals surface area contributed by atoms with Gasteiger partial charge in [0, 0.05) is 19.1 Å². The minimum Gasteiger partial charge on any atom is -0.387 e. The summed E-state index contributed by atoms with van der Waals surface area (Å²) in [6.07, 6.45) is 1.47. The zero-order valence-corrected chi connectivity index (χ0v) is 13.0. The third-order valence-electron chi connectivity index (χ3n) is 3.60. The minimum absolute atomic E-state index is 0.0567. The van der Waals surface area contributed by atoms with Crippen LogP contribution in [0.5, 0.6) is 0 Å². The van der Waals surface area contributed by atoms with Crippen LogP contribution in [0.4, 0.5) is 0 Å². The summed E-state index contributed by atoms with van der Waals surface area (Å²) in [5.74, 6) is 0.147. The van der Waals surface area contributed by atoms with E-state index >= 15 is 0 Å². The number of hydrogen-bond donors (Lipinski definition) is 3. The van der Waals surface area contributed by atoms with Crippen molar-refractivity contribution in [1.82, 2.24) is 9.62 Å². The van der Waals surface area contributed by atoms with E-state index in [1.165, 1.54) is 0 Å². The number of piperidine rings is 1. The van der Waals surface area contributed by atoms with Gasteiger partial charge in [-0.3, -0.25) is 10.3 Å². The molecule has 4 N–H and O–H groups in total. The summed E-state index contributed by atoms with van der Waals surface area (Å²) in [4.78, 5) is 2.38. The van der Waals surface area contributed by atoms with E-state index in [0.29, 0.717) is 11.4 Å². The fourth-order valence-corrected chi connectivity index (χ4v) is 3.93. The minimum atomic E-state index is -3.46. The average molecular weight is 310 g/mol. The molecule has 1 aromatic rings. The summed E-state index contributed by atoms with van der Waals surface area (Å²) in [5.41, 5.74) is 6.31. The molecule has 1 aromatic carbocycles. The number of aryl methyl sites for hydroxylation is 1. The number of sulfonamides is 1. The molecule has 0 atom stereocenters. The van der Waals surface area contributed by atoms with Crippen molar-refractivity contribution in [1.29, 1.82) is 5.41 Å². The first-order chi connectivity index (χ1) is 9.87. The van der Waals surface area contributed by atoms with Crippen LogP contribution in [-0.2, 0) is 10.0 Å². The van der Waals surface area contributed by atoms with Crippen LogP contribution >= 0.6 is 0 Å². The van der Waals surface area contributed by atoms with Gasteiger partial charge in [-0.05, 0) is 37.5 Å². The molecule has 0 spiro atoms. The summed E-state index contributed by atoms with van der Waals surface area (Å²) in [6, 6.07) is 6.85. The molecule has 116 valence electrons. The van der Waals surface area contributed by atoms with Crippen LogP contribution < -0.4 is 10.5 Å². The van der Waals surface area contributed by atoms with Crippen LogP contribution in [0.1, 0.15) is 18.4 Å². The third kappa shape index (κ3) is 4.52. The van der Waals surface area contributed by atoms with Crippen molar-refractivity contribution < 1.29 is 8.42 Å². The Balaban J connectivity index is 1.95. The van der Waals surface area contributed by atoms with Crippen molar-refractivity contribution in [2.24, 2.45) is 5.73 Å². The molecule has 0 radical (unpaired) electrons. The molecule has 21 heavy (non-hydrogen) atoms. The highest BCUT2D eigenvalue weighted by atomic mass is 32.2. The Labute approximate surface area is 125 Å². The zero-order valence-electron chi connectivity index (χ0n) is 12.2. The standard InChI is InChI=1S/C14H22N4O2S/c1-11-3-2-4-13(9-11)21(19,20)17-12-5-7-18(8-6-12)10-14(15)16/h2-4,9,12,17H,5-8,10H2,1H3,(H3,15,16). The predicted octanol–water partition coefficient (Wildman–Crippen LogP) is 0.674. The first kappa shape index (κ1) is 15.9. The Morgan fingerprint density at radius 1 is 1.43 bits per heavy atom. The van der Waals surface area contributed by atoms with Crippen LogP contribution in [-0.4, -0.2) is 44.8 Å². The number of rotatable bonds is 5. The van der Waals surface area contributed by atoms with Gasteiger partial charge >= 0.3 is 0 Å². The van der Waals surface area contributed by atoms with Crippen molar-refractivity contribution in [2.45, 2.75) is 30.7 Å². The molecule has 0 aliphatic carbocycles. The molecule has 1 saturated heterocycles. The van der Waals surface area contributed by atoms with E-state index < -0.39 is 10.0 Å². The summed E-state index contributed by atoms with van der Waals surface area (Å²) in [5, 5.41) is 7.28. The number of benzene rings is 1. The number of amidine groups is 1. The normalized spacial score (nSPS) is 17.8. The Hall–Kier alpha value is -1.44. The second-order valence-electron chi connectivity index (χ2n) is 5.51. The topological polar surface area (TPSA) is 99.3 Å². The first-order valence-electron chi connectivity index (χ1n) is 7.01. The molecule has 0 amide bonds. The number of nitrogens with one attached hydrogen (secondary N) is 2. The third-order valence-corrected chi connectivity index (χ3v) is 5.12. The number of nitrogens with two attached hydrogens (primary N) is 1. The SMILES string of the molecule is Cc1cccc(S(=O)(=O)NC2CCN(CC(=N)N)CC2)c1. The van der Waals surface area contributed by atoms with Gasteiger partial charge in [-0.25, -0.2) is 13.1 Å². The number of hydrogen-bond acceptors (Lipinski definition) is 4.